The number of benzene rings is 3. The van der Waals surface area contributed by atoms with Crippen molar-refractivity contribution < 1.29 is 28.1 Å². The molecule has 0 unspecified atom stereocenters. The van der Waals surface area contributed by atoms with Gasteiger partial charge in [0.1, 0.15) is 35.6 Å². The monoisotopic (exact) mass is 490 g/mol. The third-order valence-corrected chi connectivity index (χ3v) is 5.22. The van der Waals surface area contributed by atoms with Crippen LogP contribution in [0.5, 0.6) is 23.0 Å². The number of ether oxygens (including phenoxy) is 4. The summed E-state index contributed by atoms with van der Waals surface area (Å²) in [5.41, 5.74) is 1.65. The van der Waals surface area contributed by atoms with E-state index in [1.165, 1.54) is 19.3 Å². The van der Waals surface area contributed by atoms with Crippen molar-refractivity contribution in [1.82, 2.24) is 5.32 Å². The lowest BCUT2D eigenvalue weighted by atomic mass is 10.1. The Bertz CT molecular complexity index is 1280. The van der Waals surface area contributed by atoms with Crippen LogP contribution in [0.1, 0.15) is 23.6 Å². The van der Waals surface area contributed by atoms with E-state index in [1.54, 1.807) is 61.7 Å². The molecule has 0 aromatic heterocycles. The van der Waals surface area contributed by atoms with Crippen LogP contribution in [0, 0.1) is 17.1 Å². The van der Waals surface area contributed by atoms with E-state index in [-0.39, 0.29) is 24.5 Å². The number of carbonyl (C=O) groups is 1. The van der Waals surface area contributed by atoms with Gasteiger partial charge in [-0.05, 0) is 48.9 Å². The molecule has 1 amide bonds. The molecule has 0 saturated carbocycles. The van der Waals surface area contributed by atoms with Crippen molar-refractivity contribution in [3.63, 3.8) is 0 Å². The lowest BCUT2D eigenvalue weighted by Gasteiger charge is -2.13. The van der Waals surface area contributed by atoms with E-state index in [4.69, 9.17) is 18.9 Å². The molecule has 0 spiro atoms. The fourth-order valence-electron chi connectivity index (χ4n) is 3.36. The van der Waals surface area contributed by atoms with E-state index < -0.39 is 5.91 Å². The van der Waals surface area contributed by atoms with Crippen LogP contribution in [0.15, 0.2) is 66.2 Å². The summed E-state index contributed by atoms with van der Waals surface area (Å²) in [6.07, 6.45) is 1.46. The topological polar surface area (TPSA) is 89.8 Å². The summed E-state index contributed by atoms with van der Waals surface area (Å²) in [6, 6.07) is 18.6. The number of halogens is 1. The molecule has 3 aromatic rings. The maximum Gasteiger partial charge on any atom is 0.262 e. The molecule has 0 aliphatic heterocycles. The number of rotatable bonds is 11. The number of amides is 1. The molecule has 0 saturated heterocycles. The molecular weight excluding hydrogens is 463 g/mol. The number of nitriles is 1. The van der Waals surface area contributed by atoms with Crippen molar-refractivity contribution in [2.75, 3.05) is 20.8 Å². The minimum atomic E-state index is -0.534. The average Bonchev–Trinajstić information content (AvgIpc) is 2.90. The van der Waals surface area contributed by atoms with Crippen LogP contribution in [0.4, 0.5) is 4.39 Å². The van der Waals surface area contributed by atoms with Gasteiger partial charge in [-0.3, -0.25) is 4.79 Å². The first-order valence-corrected chi connectivity index (χ1v) is 11.2. The molecular formula is C28H27FN2O5. The van der Waals surface area contributed by atoms with Crippen molar-refractivity contribution in [3.05, 3.63) is 88.7 Å². The zero-order valence-electron chi connectivity index (χ0n) is 20.3. The van der Waals surface area contributed by atoms with E-state index in [1.807, 2.05) is 13.0 Å². The molecule has 3 aromatic carbocycles. The number of nitrogens with one attached hydrogen (secondary N) is 1. The van der Waals surface area contributed by atoms with Gasteiger partial charge < -0.3 is 24.3 Å². The second-order valence-corrected chi connectivity index (χ2v) is 7.55. The van der Waals surface area contributed by atoms with Crippen LogP contribution in [-0.4, -0.2) is 26.7 Å². The van der Waals surface area contributed by atoms with Crippen LogP contribution < -0.4 is 24.3 Å². The standard InChI is InChI=1S/C28H27FN2O5/c1-4-35-27-14-19(9-12-25(27)36-18-21-7-5-6-8-24(21)29)13-22(16-30)28(32)31-17-20-10-11-23(33-2)15-26(20)34-3/h5-15H,4,17-18H2,1-3H3,(H,31,32)/b22-13+. The predicted molar refractivity (Wildman–Crippen MR) is 133 cm³/mol. The first kappa shape index (κ1) is 26.1. The molecule has 1 N–H and O–H groups in total. The van der Waals surface area contributed by atoms with Gasteiger partial charge in [0, 0.05) is 23.7 Å². The quantitative estimate of drug-likeness (QED) is 0.299. The Hall–Kier alpha value is -4.51. The van der Waals surface area contributed by atoms with E-state index in [9.17, 15) is 14.4 Å². The largest absolute Gasteiger partial charge is 0.497 e. The Morgan fingerprint density at radius 2 is 1.78 bits per heavy atom. The first-order valence-electron chi connectivity index (χ1n) is 11.2. The van der Waals surface area contributed by atoms with Gasteiger partial charge in [-0.1, -0.05) is 24.3 Å². The van der Waals surface area contributed by atoms with Gasteiger partial charge in [0.2, 0.25) is 0 Å². The van der Waals surface area contributed by atoms with Gasteiger partial charge in [-0.25, -0.2) is 4.39 Å². The summed E-state index contributed by atoms with van der Waals surface area (Å²) < 4.78 is 35.9. The van der Waals surface area contributed by atoms with E-state index in [0.29, 0.717) is 40.7 Å². The molecule has 0 atom stereocenters. The second-order valence-electron chi connectivity index (χ2n) is 7.55. The average molecular weight is 491 g/mol. The number of hydrogen-bond acceptors (Lipinski definition) is 6. The Morgan fingerprint density at radius 1 is 0.972 bits per heavy atom. The minimum absolute atomic E-state index is 0.0304. The maximum atomic E-state index is 13.9. The Balaban J connectivity index is 1.74. The lowest BCUT2D eigenvalue weighted by molar-refractivity contribution is -0.117. The number of hydrogen-bond donors (Lipinski definition) is 1. The first-order chi connectivity index (χ1) is 17.5. The Morgan fingerprint density at radius 3 is 2.47 bits per heavy atom. The molecule has 8 heteroatoms. The van der Waals surface area contributed by atoms with Gasteiger partial charge in [0.15, 0.2) is 11.5 Å². The summed E-state index contributed by atoms with van der Waals surface area (Å²) >= 11 is 0. The smallest absolute Gasteiger partial charge is 0.262 e. The molecule has 0 radical (unpaired) electrons. The van der Waals surface area contributed by atoms with Crippen LogP contribution in [-0.2, 0) is 17.9 Å². The SMILES string of the molecule is CCOc1cc(/C=C(\C#N)C(=O)NCc2ccc(OC)cc2OC)ccc1OCc1ccccc1F. The molecule has 0 aliphatic rings. The van der Waals surface area contributed by atoms with E-state index in [2.05, 4.69) is 5.32 Å². The van der Waals surface area contributed by atoms with Gasteiger partial charge in [-0.15, -0.1) is 0 Å². The summed E-state index contributed by atoms with van der Waals surface area (Å²) in [4.78, 5) is 12.7. The van der Waals surface area contributed by atoms with Gasteiger partial charge in [-0.2, -0.15) is 5.26 Å². The summed E-state index contributed by atoms with van der Waals surface area (Å²) in [5, 5.41) is 12.3. The van der Waals surface area contributed by atoms with Crippen LogP contribution in [0.25, 0.3) is 6.08 Å². The fourth-order valence-corrected chi connectivity index (χ4v) is 3.36. The molecule has 3 rings (SSSR count). The van der Waals surface area contributed by atoms with Crippen LogP contribution in [0.2, 0.25) is 0 Å². The molecule has 7 nitrogen and oxygen atoms in total. The second kappa shape index (κ2) is 12.8. The van der Waals surface area contributed by atoms with Gasteiger partial charge in [0.05, 0.1) is 20.8 Å². The number of nitrogens with zero attached hydrogens (tertiary/aromatic N) is 1. The summed E-state index contributed by atoms with van der Waals surface area (Å²) in [5.74, 6) is 1.14. The van der Waals surface area contributed by atoms with Gasteiger partial charge in [0.25, 0.3) is 5.91 Å². The van der Waals surface area contributed by atoms with Crippen LogP contribution >= 0.6 is 0 Å². The maximum absolute atomic E-state index is 13.9. The fraction of sp³-hybridized carbons (Fsp3) is 0.214. The third-order valence-electron chi connectivity index (χ3n) is 5.22. The molecule has 0 fully saturated rings. The Kier molecular flexibility index (Phi) is 9.29. The summed E-state index contributed by atoms with van der Waals surface area (Å²) in [7, 11) is 3.08. The van der Waals surface area contributed by atoms with Crippen molar-refractivity contribution in [1.29, 1.82) is 5.26 Å². The highest BCUT2D eigenvalue weighted by atomic mass is 19.1. The van der Waals surface area contributed by atoms with Crippen molar-refractivity contribution in [2.24, 2.45) is 0 Å². The summed E-state index contributed by atoms with van der Waals surface area (Å²) in [6.45, 7) is 2.39. The zero-order chi connectivity index (χ0) is 25.9. The molecule has 0 bridgehead atoms. The number of carbonyl (C=O) groups excluding carboxylic acids is 1. The molecule has 186 valence electrons. The Labute approximate surface area is 209 Å². The predicted octanol–water partition coefficient (Wildman–Crippen LogP) is 5.04. The molecule has 0 aliphatic carbocycles. The number of methoxy groups -OCH3 is 2. The minimum Gasteiger partial charge on any atom is -0.497 e. The normalized spacial score (nSPS) is 10.8. The zero-order valence-corrected chi connectivity index (χ0v) is 20.3. The van der Waals surface area contributed by atoms with E-state index in [0.717, 1.165) is 5.56 Å². The molecule has 36 heavy (non-hydrogen) atoms. The highest BCUT2D eigenvalue weighted by Gasteiger charge is 2.13. The molecule has 0 heterocycles. The van der Waals surface area contributed by atoms with Gasteiger partial charge >= 0.3 is 0 Å². The van der Waals surface area contributed by atoms with E-state index >= 15 is 0 Å². The van der Waals surface area contributed by atoms with Crippen molar-refractivity contribution >= 4 is 12.0 Å². The van der Waals surface area contributed by atoms with Crippen LogP contribution in [0.3, 0.4) is 0 Å². The van der Waals surface area contributed by atoms with Crippen molar-refractivity contribution in [3.8, 4) is 29.1 Å². The highest BCUT2D eigenvalue weighted by Crippen LogP contribution is 2.30. The lowest BCUT2D eigenvalue weighted by Crippen LogP contribution is -2.24. The highest BCUT2D eigenvalue weighted by molar-refractivity contribution is 6.01. The third kappa shape index (κ3) is 6.76. The van der Waals surface area contributed by atoms with Crippen molar-refractivity contribution in [2.45, 2.75) is 20.1 Å².